The number of hydrogen-bond acceptors (Lipinski definition) is 8. The van der Waals surface area contributed by atoms with Crippen LogP contribution in [0.2, 0.25) is 0 Å². The van der Waals surface area contributed by atoms with Gasteiger partial charge in [0, 0.05) is 25.9 Å². The van der Waals surface area contributed by atoms with E-state index in [2.05, 4.69) is 30.8 Å². The van der Waals surface area contributed by atoms with E-state index in [0.717, 1.165) is 11.3 Å². The maximum absolute atomic E-state index is 13.9. The molecule has 11 nitrogen and oxygen atoms in total. The smallest absolute Gasteiger partial charge is 0.409 e. The van der Waals surface area contributed by atoms with E-state index >= 15 is 0 Å². The highest BCUT2D eigenvalue weighted by molar-refractivity contribution is 7.19. The molecule has 0 aliphatic carbocycles. The van der Waals surface area contributed by atoms with Crippen molar-refractivity contribution < 1.29 is 36.6 Å². The van der Waals surface area contributed by atoms with E-state index in [-0.39, 0.29) is 17.4 Å². The van der Waals surface area contributed by atoms with Gasteiger partial charge in [0.25, 0.3) is 0 Å². The number of anilines is 2. The van der Waals surface area contributed by atoms with Crippen LogP contribution in [-0.4, -0.2) is 52.6 Å². The summed E-state index contributed by atoms with van der Waals surface area (Å²) in [5, 5.41) is 13.9. The molecule has 16 heteroatoms. The van der Waals surface area contributed by atoms with Crippen LogP contribution in [0.4, 0.5) is 38.0 Å². The SMILES string of the molecule is COCCNC(=O)Oc1cc(-c2cnc(NC(=O)Nc3cc(C(F)(F)F)ccc3F)s2)nc2[nH]ncc12. The molecule has 4 N–H and O–H groups in total. The van der Waals surface area contributed by atoms with E-state index in [1.807, 2.05) is 5.32 Å². The van der Waals surface area contributed by atoms with Gasteiger partial charge in [-0.15, -0.1) is 0 Å². The third-order valence-corrected chi connectivity index (χ3v) is 5.62. The average molecular weight is 539 g/mol. The van der Waals surface area contributed by atoms with Gasteiger partial charge in [-0.25, -0.2) is 23.9 Å². The molecule has 0 spiro atoms. The summed E-state index contributed by atoms with van der Waals surface area (Å²) in [6.45, 7) is 0.528. The molecule has 0 aliphatic heterocycles. The lowest BCUT2D eigenvalue weighted by atomic mass is 10.2. The van der Waals surface area contributed by atoms with E-state index in [4.69, 9.17) is 9.47 Å². The number of fused-ring (bicyclic) bond motifs is 1. The number of hydrogen-bond donors (Lipinski definition) is 4. The first-order chi connectivity index (χ1) is 17.6. The van der Waals surface area contributed by atoms with E-state index in [1.165, 1.54) is 25.6 Å². The number of thiazole rings is 1. The van der Waals surface area contributed by atoms with Crippen LogP contribution >= 0.6 is 11.3 Å². The maximum Gasteiger partial charge on any atom is 0.416 e. The average Bonchev–Trinajstić information content (AvgIpc) is 3.49. The van der Waals surface area contributed by atoms with Crippen LogP contribution < -0.4 is 20.7 Å². The minimum absolute atomic E-state index is 0.0474. The molecule has 0 fully saturated rings. The first-order valence-corrected chi connectivity index (χ1v) is 11.2. The molecule has 0 bridgehead atoms. The summed E-state index contributed by atoms with van der Waals surface area (Å²) < 4.78 is 62.8. The van der Waals surface area contributed by atoms with E-state index in [9.17, 15) is 27.2 Å². The molecule has 3 amide bonds. The molecule has 0 saturated carbocycles. The van der Waals surface area contributed by atoms with Crippen LogP contribution in [0.15, 0.2) is 36.7 Å². The second-order valence-electron chi connectivity index (χ2n) is 7.25. The minimum Gasteiger partial charge on any atom is -0.409 e. The van der Waals surface area contributed by atoms with E-state index in [1.54, 1.807) is 0 Å². The molecule has 3 aromatic heterocycles. The number of carbonyl (C=O) groups is 2. The first kappa shape index (κ1) is 25.8. The lowest BCUT2D eigenvalue weighted by Gasteiger charge is -2.11. The molecular formula is C21H17F4N7O4S. The summed E-state index contributed by atoms with van der Waals surface area (Å²) in [5.74, 6) is -0.886. The van der Waals surface area contributed by atoms with Gasteiger partial charge in [-0.05, 0) is 18.2 Å². The molecule has 4 aromatic rings. The number of aromatic amines is 1. The molecular weight excluding hydrogens is 522 g/mol. The Morgan fingerprint density at radius 2 is 1.97 bits per heavy atom. The van der Waals surface area contributed by atoms with Gasteiger partial charge >= 0.3 is 18.3 Å². The van der Waals surface area contributed by atoms with Gasteiger partial charge in [0.1, 0.15) is 11.6 Å². The molecule has 0 saturated heterocycles. The van der Waals surface area contributed by atoms with Crippen LogP contribution in [0.5, 0.6) is 5.75 Å². The van der Waals surface area contributed by atoms with E-state index < -0.39 is 35.4 Å². The van der Waals surface area contributed by atoms with Crippen molar-refractivity contribution >= 4 is 45.3 Å². The summed E-state index contributed by atoms with van der Waals surface area (Å²) in [5.41, 5.74) is -1.13. The number of H-pyrrole nitrogens is 1. The normalized spacial score (nSPS) is 11.4. The molecule has 0 atom stereocenters. The van der Waals surface area contributed by atoms with E-state index in [0.29, 0.717) is 46.4 Å². The molecule has 0 aliphatic rings. The van der Waals surface area contributed by atoms with Crippen molar-refractivity contribution in [2.75, 3.05) is 30.9 Å². The Kier molecular flexibility index (Phi) is 7.49. The number of nitrogens with one attached hydrogen (secondary N) is 4. The van der Waals surface area contributed by atoms with Gasteiger partial charge in [-0.2, -0.15) is 18.3 Å². The molecule has 194 valence electrons. The van der Waals surface area contributed by atoms with Gasteiger partial charge < -0.3 is 20.1 Å². The fourth-order valence-electron chi connectivity index (χ4n) is 3.00. The number of methoxy groups -OCH3 is 1. The highest BCUT2D eigenvalue weighted by Gasteiger charge is 2.31. The number of urea groups is 1. The zero-order chi connectivity index (χ0) is 26.6. The zero-order valence-electron chi connectivity index (χ0n) is 18.8. The van der Waals surface area contributed by atoms with Crippen LogP contribution in [0, 0.1) is 5.82 Å². The molecule has 3 heterocycles. The number of nitrogens with zero attached hydrogens (tertiary/aromatic N) is 3. The topological polar surface area (TPSA) is 143 Å². The highest BCUT2D eigenvalue weighted by atomic mass is 32.1. The van der Waals surface area contributed by atoms with Crippen molar-refractivity contribution in [3.63, 3.8) is 0 Å². The minimum atomic E-state index is -4.71. The Morgan fingerprint density at radius 1 is 1.16 bits per heavy atom. The third kappa shape index (κ3) is 6.28. The number of alkyl halides is 3. The number of aromatic nitrogens is 4. The second kappa shape index (κ2) is 10.8. The second-order valence-corrected chi connectivity index (χ2v) is 8.28. The molecule has 37 heavy (non-hydrogen) atoms. The number of rotatable bonds is 7. The highest BCUT2D eigenvalue weighted by Crippen LogP contribution is 2.34. The maximum atomic E-state index is 13.9. The Balaban J connectivity index is 1.49. The molecule has 4 rings (SSSR count). The summed E-state index contributed by atoms with van der Waals surface area (Å²) in [6, 6.07) is 2.13. The standard InChI is InChI=1S/C21H17F4N7O4S/c1-35-5-4-26-20(34)36-15-7-14(29-17-11(15)8-28-32-17)16-9-27-19(37-16)31-18(33)30-13-6-10(21(23,24)25)2-3-12(13)22/h2-3,6-9H,4-5H2,1H3,(H,26,34)(H,28,29,32)(H2,27,30,31,33). The summed E-state index contributed by atoms with van der Waals surface area (Å²) in [7, 11) is 1.49. The number of carbonyl (C=O) groups excluding carboxylic acids is 2. The van der Waals surface area contributed by atoms with Crippen LogP contribution in [0.1, 0.15) is 5.56 Å². The number of ether oxygens (including phenoxy) is 2. The number of pyridine rings is 1. The lowest BCUT2D eigenvalue weighted by Crippen LogP contribution is -2.29. The van der Waals surface area contributed by atoms with Crippen molar-refractivity contribution in [2.24, 2.45) is 0 Å². The Labute approximate surface area is 209 Å². The van der Waals surface area contributed by atoms with Crippen LogP contribution in [-0.2, 0) is 10.9 Å². The predicted octanol–water partition coefficient (Wildman–Crippen LogP) is 4.62. The Hall–Kier alpha value is -4.31. The fraction of sp³-hybridized carbons (Fsp3) is 0.190. The van der Waals surface area contributed by atoms with Gasteiger partial charge in [0.15, 0.2) is 10.8 Å². The largest absolute Gasteiger partial charge is 0.416 e. The number of benzene rings is 1. The zero-order valence-corrected chi connectivity index (χ0v) is 19.6. The first-order valence-electron chi connectivity index (χ1n) is 10.3. The van der Waals surface area contributed by atoms with Crippen LogP contribution in [0.25, 0.3) is 21.6 Å². The monoisotopic (exact) mass is 539 g/mol. The number of amides is 3. The molecule has 1 aromatic carbocycles. The van der Waals surface area contributed by atoms with Crippen molar-refractivity contribution in [1.29, 1.82) is 0 Å². The van der Waals surface area contributed by atoms with Crippen molar-refractivity contribution in [3.8, 4) is 16.3 Å². The van der Waals surface area contributed by atoms with Gasteiger partial charge in [0.05, 0.1) is 40.0 Å². The summed E-state index contributed by atoms with van der Waals surface area (Å²) in [4.78, 5) is 33.2. The Morgan fingerprint density at radius 3 is 2.73 bits per heavy atom. The number of halogens is 4. The summed E-state index contributed by atoms with van der Waals surface area (Å²) >= 11 is 0.966. The quantitative estimate of drug-likeness (QED) is 0.198. The van der Waals surface area contributed by atoms with Gasteiger partial charge in [-0.1, -0.05) is 11.3 Å². The van der Waals surface area contributed by atoms with Crippen molar-refractivity contribution in [1.82, 2.24) is 25.5 Å². The molecule has 0 unspecified atom stereocenters. The molecule has 0 radical (unpaired) electrons. The third-order valence-electron chi connectivity index (χ3n) is 4.68. The Bertz CT molecular complexity index is 1440. The summed E-state index contributed by atoms with van der Waals surface area (Å²) in [6.07, 6.45) is -2.62. The van der Waals surface area contributed by atoms with Crippen molar-refractivity contribution in [2.45, 2.75) is 6.18 Å². The van der Waals surface area contributed by atoms with Crippen molar-refractivity contribution in [3.05, 3.63) is 48.0 Å². The fourth-order valence-corrected chi connectivity index (χ4v) is 3.77. The predicted molar refractivity (Wildman–Crippen MR) is 125 cm³/mol. The lowest BCUT2D eigenvalue weighted by molar-refractivity contribution is -0.137. The van der Waals surface area contributed by atoms with Crippen LogP contribution in [0.3, 0.4) is 0 Å². The van der Waals surface area contributed by atoms with Gasteiger partial charge in [-0.3, -0.25) is 10.4 Å². The van der Waals surface area contributed by atoms with Gasteiger partial charge in [0.2, 0.25) is 0 Å².